The van der Waals surface area contributed by atoms with E-state index in [0.717, 1.165) is 11.8 Å². The Morgan fingerprint density at radius 1 is 1.17 bits per heavy atom. The number of thiol groups is 1. The van der Waals surface area contributed by atoms with Crippen molar-refractivity contribution in [3.8, 4) is 23.1 Å². The summed E-state index contributed by atoms with van der Waals surface area (Å²) in [6.45, 7) is 0. The molecule has 0 unspecified atom stereocenters. The van der Waals surface area contributed by atoms with Crippen LogP contribution in [-0.4, -0.2) is 27.9 Å². The molecule has 30 heavy (non-hydrogen) atoms. The Bertz CT molecular complexity index is 1170. The summed E-state index contributed by atoms with van der Waals surface area (Å²) in [4.78, 5) is 8.22. The molecule has 1 aromatic carbocycles. The van der Waals surface area contributed by atoms with Crippen LogP contribution in [0.1, 0.15) is 5.56 Å². The molecule has 2 heterocycles. The molecule has 0 fully saturated rings. The molecule has 0 saturated heterocycles. The second kappa shape index (κ2) is 8.94. The molecule has 0 saturated carbocycles. The number of nitrogens with one attached hydrogen (secondary N) is 1. The molecule has 0 aliphatic heterocycles. The van der Waals surface area contributed by atoms with Crippen LogP contribution in [0.25, 0.3) is 11.1 Å². The molecule has 0 aliphatic rings. The van der Waals surface area contributed by atoms with Crippen molar-refractivity contribution < 1.29 is 18.1 Å². The van der Waals surface area contributed by atoms with Crippen molar-refractivity contribution in [1.82, 2.24) is 9.97 Å². The zero-order valence-electron chi connectivity index (χ0n) is 16.2. The Hall–Kier alpha value is -3.42. The summed E-state index contributed by atoms with van der Waals surface area (Å²) in [5, 5.41) is 11.7. The summed E-state index contributed by atoms with van der Waals surface area (Å²) in [5.74, 6) is 0.0504. The van der Waals surface area contributed by atoms with Crippen LogP contribution in [0.4, 0.5) is 20.4 Å². The standard InChI is InChI=1S/C20H19F2N5O2S/c1-29-18-8-14(21)3-4-15(18)16-9-20(25-10-17(16)22)27-19-7-13(5-6-24-19)11-30(2,28)26-12-23/h3-10,30H,11H2,1-2H3,(H,26,28)(H,24,25,27). The van der Waals surface area contributed by atoms with E-state index in [1.165, 1.54) is 43.8 Å². The Labute approximate surface area is 173 Å². The van der Waals surface area contributed by atoms with Crippen molar-refractivity contribution >= 4 is 21.7 Å². The summed E-state index contributed by atoms with van der Waals surface area (Å²) in [5.41, 5.74) is 1.29. The van der Waals surface area contributed by atoms with Gasteiger partial charge in [0.25, 0.3) is 0 Å². The molecule has 0 spiro atoms. The predicted octanol–water partition coefficient (Wildman–Crippen LogP) is 4.33. The highest BCUT2D eigenvalue weighted by Gasteiger charge is 2.14. The first-order valence-electron chi connectivity index (χ1n) is 8.72. The molecular weight excluding hydrogens is 412 g/mol. The van der Waals surface area contributed by atoms with E-state index < -0.39 is 21.7 Å². The van der Waals surface area contributed by atoms with E-state index >= 15 is 0 Å². The molecule has 2 aromatic heterocycles. The van der Waals surface area contributed by atoms with Gasteiger partial charge in [-0.1, -0.05) is 10.1 Å². The minimum atomic E-state index is -2.74. The van der Waals surface area contributed by atoms with Crippen LogP contribution in [0.15, 0.2) is 53.2 Å². The van der Waals surface area contributed by atoms with E-state index in [1.807, 2.05) is 0 Å². The number of nitrogens with zero attached hydrogens (tertiary/aromatic N) is 4. The number of aromatic nitrogens is 2. The van der Waals surface area contributed by atoms with Crippen LogP contribution in [0.3, 0.4) is 0 Å². The maximum absolute atomic E-state index is 14.4. The fourth-order valence-corrected chi connectivity index (χ4v) is 4.00. The summed E-state index contributed by atoms with van der Waals surface area (Å²) >= 11 is 0. The normalized spacial score (nSPS) is 11.5. The first kappa shape index (κ1) is 21.3. The SMILES string of the molecule is COc1cc(F)ccc1-c1cc(Nc2cc(C[SH](C)(O)=NC#N)ccn2)ncc1F. The molecule has 0 bridgehead atoms. The smallest absolute Gasteiger partial charge is 0.212 e. The van der Waals surface area contributed by atoms with E-state index in [0.29, 0.717) is 17.2 Å². The Balaban J connectivity index is 1.91. The number of halogens is 2. The van der Waals surface area contributed by atoms with Crippen LogP contribution in [0, 0.1) is 23.1 Å². The maximum atomic E-state index is 14.4. The van der Waals surface area contributed by atoms with Gasteiger partial charge in [0.05, 0.1) is 13.3 Å². The minimum Gasteiger partial charge on any atom is -0.496 e. The van der Waals surface area contributed by atoms with Crippen molar-refractivity contribution in [3.63, 3.8) is 0 Å². The van der Waals surface area contributed by atoms with Gasteiger partial charge in [-0.2, -0.15) is 5.26 Å². The molecular formula is C20H19F2N5O2S. The minimum absolute atomic E-state index is 0.183. The van der Waals surface area contributed by atoms with Gasteiger partial charge in [-0.3, -0.25) is 0 Å². The largest absolute Gasteiger partial charge is 0.496 e. The van der Waals surface area contributed by atoms with E-state index in [2.05, 4.69) is 19.6 Å². The molecule has 0 radical (unpaired) electrons. The van der Waals surface area contributed by atoms with Crippen LogP contribution in [0.2, 0.25) is 0 Å². The van der Waals surface area contributed by atoms with Crippen molar-refractivity contribution in [2.24, 2.45) is 4.36 Å². The van der Waals surface area contributed by atoms with Crippen LogP contribution >= 0.6 is 0 Å². The lowest BCUT2D eigenvalue weighted by atomic mass is 10.0. The topological polar surface area (TPSA) is 103 Å². The number of methoxy groups -OCH3 is 1. The van der Waals surface area contributed by atoms with E-state index in [1.54, 1.807) is 18.3 Å². The van der Waals surface area contributed by atoms with Gasteiger partial charge in [0, 0.05) is 29.1 Å². The van der Waals surface area contributed by atoms with Gasteiger partial charge in [0.15, 0.2) is 0 Å². The summed E-state index contributed by atoms with van der Waals surface area (Å²) in [6, 6.07) is 8.68. The number of rotatable bonds is 6. The number of pyridine rings is 2. The molecule has 0 aliphatic carbocycles. The predicted molar refractivity (Wildman–Crippen MR) is 113 cm³/mol. The number of benzene rings is 1. The second-order valence-corrected chi connectivity index (χ2v) is 9.21. The van der Waals surface area contributed by atoms with Crippen molar-refractivity contribution in [1.29, 1.82) is 5.26 Å². The quantitative estimate of drug-likeness (QED) is 0.397. The van der Waals surface area contributed by atoms with Crippen molar-refractivity contribution in [2.45, 2.75) is 5.75 Å². The molecule has 0 atom stereocenters. The highest BCUT2D eigenvalue weighted by Crippen LogP contribution is 2.33. The molecule has 3 rings (SSSR count). The Morgan fingerprint density at radius 3 is 2.67 bits per heavy atom. The van der Waals surface area contributed by atoms with E-state index in [4.69, 9.17) is 10.00 Å². The molecule has 3 aromatic rings. The summed E-state index contributed by atoms with van der Waals surface area (Å²) in [6.07, 6.45) is 5.76. The third kappa shape index (κ3) is 5.14. The molecule has 156 valence electrons. The maximum Gasteiger partial charge on any atom is 0.212 e. The fourth-order valence-electron chi connectivity index (χ4n) is 2.85. The average Bonchev–Trinajstić information content (AvgIpc) is 2.69. The van der Waals surface area contributed by atoms with Gasteiger partial charge < -0.3 is 14.6 Å². The lowest BCUT2D eigenvalue weighted by Gasteiger charge is -2.16. The number of hydrogen-bond acceptors (Lipinski definition) is 6. The molecule has 7 nitrogen and oxygen atoms in total. The van der Waals surface area contributed by atoms with Crippen molar-refractivity contribution in [2.75, 3.05) is 18.7 Å². The first-order chi connectivity index (χ1) is 14.3. The molecule has 0 amide bonds. The second-order valence-electron chi connectivity index (χ2n) is 6.51. The monoisotopic (exact) mass is 431 g/mol. The van der Waals surface area contributed by atoms with Crippen LogP contribution in [0.5, 0.6) is 5.75 Å². The lowest BCUT2D eigenvalue weighted by Crippen LogP contribution is -2.10. The van der Waals surface area contributed by atoms with Crippen LogP contribution < -0.4 is 10.1 Å². The summed E-state index contributed by atoms with van der Waals surface area (Å²) in [7, 11) is -1.36. The highest BCUT2D eigenvalue weighted by atomic mass is 32.3. The van der Waals surface area contributed by atoms with E-state index in [9.17, 15) is 13.3 Å². The first-order valence-corrected chi connectivity index (χ1v) is 11.0. The Morgan fingerprint density at radius 2 is 1.93 bits per heavy atom. The third-order valence-corrected chi connectivity index (χ3v) is 5.62. The zero-order valence-corrected chi connectivity index (χ0v) is 17.1. The van der Waals surface area contributed by atoms with Gasteiger partial charge >= 0.3 is 0 Å². The Kier molecular flexibility index (Phi) is 6.34. The molecule has 2 N–H and O–H groups in total. The highest BCUT2D eigenvalue weighted by molar-refractivity contribution is 7.98. The van der Waals surface area contributed by atoms with Crippen LogP contribution in [-0.2, 0) is 15.9 Å². The number of nitriles is 1. The van der Waals surface area contributed by atoms with Gasteiger partial charge in [-0.05, 0) is 42.2 Å². The lowest BCUT2D eigenvalue weighted by molar-refractivity contribution is 0.412. The number of anilines is 2. The van der Waals surface area contributed by atoms with Gasteiger partial charge in [-0.15, -0.1) is 4.36 Å². The zero-order chi connectivity index (χ0) is 21.7. The number of hydrogen-bond donors (Lipinski definition) is 3. The van der Waals surface area contributed by atoms with Gasteiger partial charge in [0.2, 0.25) is 6.19 Å². The summed E-state index contributed by atoms with van der Waals surface area (Å²) < 4.78 is 46.8. The number of ether oxygens (including phenoxy) is 1. The molecule has 10 heteroatoms. The van der Waals surface area contributed by atoms with E-state index in [-0.39, 0.29) is 17.1 Å². The van der Waals surface area contributed by atoms with Crippen molar-refractivity contribution in [3.05, 3.63) is 66.0 Å². The fraction of sp³-hybridized carbons (Fsp3) is 0.150. The third-order valence-electron chi connectivity index (χ3n) is 4.13. The average molecular weight is 431 g/mol. The van der Waals surface area contributed by atoms with Gasteiger partial charge in [0.1, 0.15) is 29.0 Å². The van der Waals surface area contributed by atoms with Gasteiger partial charge in [-0.25, -0.2) is 18.7 Å².